The van der Waals surface area contributed by atoms with Gasteiger partial charge in [-0.1, -0.05) is 83.5 Å². The summed E-state index contributed by atoms with van der Waals surface area (Å²) in [5.41, 5.74) is 4.38. The van der Waals surface area contributed by atoms with Gasteiger partial charge in [-0.25, -0.2) is 5.09 Å². The Kier molecular flexibility index (Phi) is 6.06. The minimum Gasteiger partial charge on any atom is -0.429 e. The van der Waals surface area contributed by atoms with Gasteiger partial charge in [0, 0.05) is 33.6 Å². The molecule has 0 spiro atoms. The molecule has 5 heteroatoms. The number of halogens is 1. The van der Waals surface area contributed by atoms with E-state index in [9.17, 15) is 4.57 Å². The summed E-state index contributed by atoms with van der Waals surface area (Å²) in [7, 11) is -3.26. The number of hydrogen-bond donors (Lipinski definition) is 1. The molecule has 0 aromatic heterocycles. The molecule has 0 saturated carbocycles. The smallest absolute Gasteiger partial charge is 0.340 e. The van der Waals surface area contributed by atoms with Gasteiger partial charge in [0.2, 0.25) is 0 Å². The van der Waals surface area contributed by atoms with Crippen molar-refractivity contribution in [2.45, 2.75) is 72.3 Å². The molecule has 1 aliphatic rings. The van der Waals surface area contributed by atoms with E-state index >= 15 is 0 Å². The van der Waals surface area contributed by atoms with Gasteiger partial charge in [0.1, 0.15) is 5.75 Å². The lowest BCUT2D eigenvalue weighted by Gasteiger charge is -2.36. The number of hydrogen-bond acceptors (Lipinski definition) is 2. The molecule has 1 heterocycles. The minimum atomic E-state index is -3.26. The van der Waals surface area contributed by atoms with Crippen LogP contribution in [0.3, 0.4) is 0 Å². The topological polar surface area (TPSA) is 38.3 Å². The largest absolute Gasteiger partial charge is 0.429 e. The quantitative estimate of drug-likeness (QED) is 0.488. The minimum absolute atomic E-state index is 0.0122. The Balaban J connectivity index is 2.47. The highest BCUT2D eigenvalue weighted by atomic mass is 35.5. The monoisotopic (exact) mass is 445 g/mol. The Morgan fingerprint density at radius 2 is 1.60 bits per heavy atom. The van der Waals surface area contributed by atoms with Gasteiger partial charge < -0.3 is 4.52 Å². The molecule has 3 nitrogen and oxygen atoms in total. The zero-order chi connectivity index (χ0) is 22.5. The summed E-state index contributed by atoms with van der Waals surface area (Å²) < 4.78 is 20.2. The Labute approximate surface area is 186 Å². The summed E-state index contributed by atoms with van der Waals surface area (Å²) in [6, 6.07) is 12.1. The lowest BCUT2D eigenvalue weighted by molar-refractivity contribution is 0.452. The molecule has 0 radical (unpaired) electrons. The number of fused-ring (bicyclic) bond motifs is 1. The summed E-state index contributed by atoms with van der Waals surface area (Å²) in [6.07, 6.45) is 0. The summed E-state index contributed by atoms with van der Waals surface area (Å²) >= 11 is 6.90. The van der Waals surface area contributed by atoms with Crippen LogP contribution in [0.15, 0.2) is 42.2 Å². The predicted molar refractivity (Wildman–Crippen MR) is 129 cm³/mol. The average Bonchev–Trinajstić information content (AvgIpc) is 2.58. The standard InChI is InChI=1S/C25H33ClNO2P/c1-16(2)27-30(28)15-18(17-12-10-9-11-13-17)21-22(25(6,7)8)20(26)14-19(23(21)29-30)24(3,4)5/h9-16H,1-8H3,(H,27,28). The zero-order valence-corrected chi connectivity index (χ0v) is 20.9. The molecular formula is C25H33ClNO2P. The van der Waals surface area contributed by atoms with Gasteiger partial charge in [0.15, 0.2) is 0 Å². The van der Waals surface area contributed by atoms with Gasteiger partial charge >= 0.3 is 7.52 Å². The van der Waals surface area contributed by atoms with Crippen molar-refractivity contribution in [3.05, 3.63) is 69.5 Å². The second-order valence-corrected chi connectivity index (χ2v) is 12.7. The van der Waals surface area contributed by atoms with E-state index in [0.29, 0.717) is 10.8 Å². The summed E-state index contributed by atoms with van der Waals surface area (Å²) in [5.74, 6) is 2.46. The van der Waals surface area contributed by atoms with E-state index < -0.39 is 7.52 Å². The second kappa shape index (κ2) is 7.86. The first kappa shape index (κ1) is 23.1. The van der Waals surface area contributed by atoms with Crippen molar-refractivity contribution in [3.8, 4) is 5.75 Å². The van der Waals surface area contributed by atoms with Crippen LogP contribution in [0.25, 0.3) is 5.57 Å². The SMILES string of the molecule is CC(C)NP1(=O)C=C(c2ccccc2)c2c(c(C(C)(C)C)cc(Cl)c2C(C)(C)C)O1. The predicted octanol–water partition coefficient (Wildman–Crippen LogP) is 7.91. The van der Waals surface area contributed by atoms with Crippen molar-refractivity contribution in [1.29, 1.82) is 0 Å². The van der Waals surface area contributed by atoms with Gasteiger partial charge in [0.05, 0.1) is 0 Å². The highest BCUT2D eigenvalue weighted by Crippen LogP contribution is 2.59. The zero-order valence-electron chi connectivity index (χ0n) is 19.3. The molecule has 1 aliphatic heterocycles. The third-order valence-corrected chi connectivity index (χ3v) is 7.33. The van der Waals surface area contributed by atoms with Crippen molar-refractivity contribution in [2.75, 3.05) is 0 Å². The van der Waals surface area contributed by atoms with E-state index in [1.165, 1.54) is 0 Å². The van der Waals surface area contributed by atoms with Crippen LogP contribution >= 0.6 is 19.1 Å². The molecular weight excluding hydrogens is 413 g/mol. The van der Waals surface area contributed by atoms with Crippen LogP contribution in [0.2, 0.25) is 5.02 Å². The first-order valence-electron chi connectivity index (χ1n) is 10.5. The lowest BCUT2D eigenvalue weighted by Crippen LogP contribution is -2.26. The Morgan fingerprint density at radius 3 is 2.10 bits per heavy atom. The fourth-order valence-corrected chi connectivity index (χ4v) is 6.40. The van der Waals surface area contributed by atoms with Gasteiger partial charge in [-0.15, -0.1) is 0 Å². The van der Waals surface area contributed by atoms with Crippen molar-refractivity contribution >= 4 is 24.7 Å². The van der Waals surface area contributed by atoms with Crippen molar-refractivity contribution in [3.63, 3.8) is 0 Å². The second-order valence-electron chi connectivity index (χ2n) is 10.4. The van der Waals surface area contributed by atoms with Crippen LogP contribution in [0, 0.1) is 0 Å². The molecule has 0 aliphatic carbocycles. The highest BCUT2D eigenvalue weighted by Gasteiger charge is 2.39. The van der Waals surface area contributed by atoms with Crippen LogP contribution in [0.1, 0.15) is 77.6 Å². The van der Waals surface area contributed by atoms with Crippen molar-refractivity contribution in [2.24, 2.45) is 0 Å². The normalized spacial score (nSPS) is 19.3. The van der Waals surface area contributed by atoms with E-state index in [0.717, 1.165) is 27.8 Å². The molecule has 2 aromatic carbocycles. The summed E-state index contributed by atoms with van der Waals surface area (Å²) in [5, 5.41) is 3.89. The molecule has 30 heavy (non-hydrogen) atoms. The molecule has 0 amide bonds. The molecule has 1 unspecified atom stereocenters. The summed E-state index contributed by atoms with van der Waals surface area (Å²) in [6.45, 7) is 16.8. The maximum Gasteiger partial charge on any atom is 0.340 e. The molecule has 1 N–H and O–H groups in total. The van der Waals surface area contributed by atoms with Gasteiger partial charge in [0.25, 0.3) is 0 Å². The number of rotatable bonds is 3. The lowest BCUT2D eigenvalue weighted by atomic mass is 9.76. The van der Waals surface area contributed by atoms with E-state index in [2.05, 4.69) is 46.6 Å². The highest BCUT2D eigenvalue weighted by molar-refractivity contribution is 7.61. The van der Waals surface area contributed by atoms with Gasteiger partial charge in [-0.2, -0.15) is 0 Å². The first-order chi connectivity index (χ1) is 13.7. The maximum absolute atomic E-state index is 13.9. The van der Waals surface area contributed by atoms with Crippen molar-refractivity contribution < 1.29 is 9.09 Å². The molecule has 2 aromatic rings. The summed E-state index contributed by atoms with van der Waals surface area (Å²) in [4.78, 5) is 0. The van der Waals surface area contributed by atoms with Crippen LogP contribution in [0.5, 0.6) is 5.75 Å². The van der Waals surface area contributed by atoms with Crippen LogP contribution in [0.4, 0.5) is 0 Å². The van der Waals surface area contributed by atoms with E-state index in [-0.39, 0.29) is 16.9 Å². The Hall–Kier alpha value is -1.54. The van der Waals surface area contributed by atoms with Crippen LogP contribution in [-0.2, 0) is 15.4 Å². The van der Waals surface area contributed by atoms with E-state index in [1.54, 1.807) is 5.82 Å². The Morgan fingerprint density at radius 1 is 1.00 bits per heavy atom. The molecule has 0 saturated heterocycles. The fourth-order valence-electron chi connectivity index (χ4n) is 3.93. The number of nitrogens with one attached hydrogen (secondary N) is 1. The molecule has 3 rings (SSSR count). The van der Waals surface area contributed by atoms with Gasteiger partial charge in [-0.05, 0) is 41.9 Å². The van der Waals surface area contributed by atoms with Crippen LogP contribution < -0.4 is 9.61 Å². The number of benzene rings is 2. The maximum atomic E-state index is 13.9. The molecule has 162 valence electrons. The molecule has 0 fully saturated rings. The van der Waals surface area contributed by atoms with Crippen molar-refractivity contribution in [1.82, 2.24) is 5.09 Å². The fraction of sp³-hybridized carbons (Fsp3) is 0.440. The van der Waals surface area contributed by atoms with E-state index in [4.69, 9.17) is 16.1 Å². The van der Waals surface area contributed by atoms with E-state index in [1.807, 2.05) is 50.2 Å². The Bertz CT molecular complexity index is 1030. The third kappa shape index (κ3) is 4.54. The molecule has 0 bridgehead atoms. The van der Waals surface area contributed by atoms with Crippen LogP contribution in [-0.4, -0.2) is 6.04 Å². The first-order valence-corrected chi connectivity index (χ1v) is 12.5. The average molecular weight is 446 g/mol. The molecule has 1 atom stereocenters. The van der Waals surface area contributed by atoms with Gasteiger partial charge in [-0.3, -0.25) is 4.57 Å². The third-order valence-electron chi connectivity index (χ3n) is 5.11.